The Hall–Kier alpha value is -4.91. The van der Waals surface area contributed by atoms with E-state index in [1.54, 1.807) is 30.3 Å². The minimum absolute atomic E-state index is 0.0134. The van der Waals surface area contributed by atoms with Crippen molar-refractivity contribution in [2.24, 2.45) is 0 Å². The number of nitrogens with zero attached hydrogens (tertiary/aromatic N) is 3. The van der Waals surface area contributed by atoms with E-state index in [-0.39, 0.29) is 45.7 Å². The number of rotatable bonds is 9. The van der Waals surface area contributed by atoms with Crippen molar-refractivity contribution in [2.75, 3.05) is 29.1 Å². The van der Waals surface area contributed by atoms with Crippen LogP contribution < -0.4 is 25.8 Å². The highest BCUT2D eigenvalue weighted by molar-refractivity contribution is 7.92. The normalized spacial score (nSPS) is 12.3. The summed E-state index contributed by atoms with van der Waals surface area (Å²) in [6.45, 7) is 9.57. The fourth-order valence-electron chi connectivity index (χ4n) is 4.54. The van der Waals surface area contributed by atoms with Crippen molar-refractivity contribution >= 4 is 39.0 Å². The Balaban J connectivity index is 1.65. The molecule has 0 fully saturated rings. The van der Waals surface area contributed by atoms with Gasteiger partial charge in [0.15, 0.2) is 17.3 Å². The topological polar surface area (TPSA) is 170 Å². The first-order valence-corrected chi connectivity index (χ1v) is 15.7. The van der Waals surface area contributed by atoms with E-state index in [1.807, 2.05) is 65.0 Å². The fourth-order valence-corrected chi connectivity index (χ4v) is 5.09. The van der Waals surface area contributed by atoms with Crippen LogP contribution in [-0.2, 0) is 15.4 Å². The van der Waals surface area contributed by atoms with E-state index >= 15 is 0 Å². The molecule has 12 nitrogen and oxygen atoms in total. The Labute approximate surface area is 257 Å². The van der Waals surface area contributed by atoms with Crippen molar-refractivity contribution < 1.29 is 22.7 Å². The van der Waals surface area contributed by atoms with Crippen molar-refractivity contribution in [3.8, 4) is 11.4 Å². The maximum absolute atomic E-state index is 13.5. The molecule has 4 rings (SSSR count). The SMILES string of the molecule is COc1c(NC(=O)c2ccc(C)c(-n3nnc(C(=O)NC(C)c4ccccc4)c3N)c2)cc(C(C)(C)C)cc1NS(C)(=O)=O. The van der Waals surface area contributed by atoms with E-state index in [1.165, 1.54) is 11.8 Å². The lowest BCUT2D eigenvalue weighted by Crippen LogP contribution is -2.27. The molecule has 0 bridgehead atoms. The Kier molecular flexibility index (Phi) is 9.00. The molecule has 1 heterocycles. The number of nitrogens with two attached hydrogens (primary N) is 1. The van der Waals surface area contributed by atoms with Crippen molar-refractivity contribution in [2.45, 2.75) is 46.1 Å². The number of amides is 2. The Bertz CT molecular complexity index is 1810. The summed E-state index contributed by atoms with van der Waals surface area (Å²) in [7, 11) is -2.25. The third-order valence-electron chi connectivity index (χ3n) is 6.97. The van der Waals surface area contributed by atoms with Gasteiger partial charge in [0.2, 0.25) is 10.0 Å². The van der Waals surface area contributed by atoms with Gasteiger partial charge in [-0.1, -0.05) is 62.4 Å². The minimum atomic E-state index is -3.64. The van der Waals surface area contributed by atoms with E-state index in [2.05, 4.69) is 25.7 Å². The first kappa shape index (κ1) is 32.0. The molecule has 1 unspecified atom stereocenters. The van der Waals surface area contributed by atoms with E-state index in [0.717, 1.165) is 22.9 Å². The monoisotopic (exact) mass is 619 g/mol. The quantitative estimate of drug-likeness (QED) is 0.211. The molecule has 0 saturated carbocycles. The number of ether oxygens (including phenoxy) is 1. The molecule has 44 heavy (non-hydrogen) atoms. The molecule has 232 valence electrons. The van der Waals surface area contributed by atoms with Crippen molar-refractivity contribution in [1.29, 1.82) is 0 Å². The number of aryl methyl sites for hydroxylation is 1. The molecular formula is C31H37N7O5S. The molecule has 1 aromatic heterocycles. The second kappa shape index (κ2) is 12.4. The largest absolute Gasteiger partial charge is 0.492 e. The van der Waals surface area contributed by atoms with Crippen LogP contribution >= 0.6 is 0 Å². The number of nitrogens with one attached hydrogen (secondary N) is 3. The second-order valence-electron chi connectivity index (χ2n) is 11.5. The first-order valence-electron chi connectivity index (χ1n) is 13.8. The zero-order valence-electron chi connectivity index (χ0n) is 25.7. The molecule has 1 atom stereocenters. The summed E-state index contributed by atoms with van der Waals surface area (Å²) in [6.07, 6.45) is 1.04. The van der Waals surface area contributed by atoms with Crippen LogP contribution in [0.3, 0.4) is 0 Å². The van der Waals surface area contributed by atoms with E-state index in [9.17, 15) is 18.0 Å². The highest BCUT2D eigenvalue weighted by atomic mass is 32.2. The van der Waals surface area contributed by atoms with Gasteiger partial charge in [0.1, 0.15) is 0 Å². The predicted molar refractivity (Wildman–Crippen MR) is 171 cm³/mol. The number of hydrogen-bond donors (Lipinski definition) is 4. The summed E-state index contributed by atoms with van der Waals surface area (Å²) in [5.41, 5.74) is 9.53. The van der Waals surface area contributed by atoms with E-state index < -0.39 is 21.8 Å². The van der Waals surface area contributed by atoms with Gasteiger partial charge < -0.3 is 21.1 Å². The summed E-state index contributed by atoms with van der Waals surface area (Å²) in [4.78, 5) is 26.5. The lowest BCUT2D eigenvalue weighted by Gasteiger charge is -2.24. The maximum Gasteiger partial charge on any atom is 0.276 e. The molecule has 0 aliphatic heterocycles. The third-order valence-corrected chi connectivity index (χ3v) is 7.56. The summed E-state index contributed by atoms with van der Waals surface area (Å²) in [5.74, 6) is -0.806. The van der Waals surface area contributed by atoms with Crippen LogP contribution in [0.4, 0.5) is 17.2 Å². The number of anilines is 3. The van der Waals surface area contributed by atoms with Gasteiger partial charge >= 0.3 is 0 Å². The first-order chi connectivity index (χ1) is 20.6. The van der Waals surface area contributed by atoms with Gasteiger partial charge in [-0.15, -0.1) is 5.10 Å². The average Bonchev–Trinajstić information content (AvgIpc) is 3.33. The highest BCUT2D eigenvalue weighted by Crippen LogP contribution is 2.39. The third kappa shape index (κ3) is 7.17. The molecule has 2 amide bonds. The van der Waals surface area contributed by atoms with Gasteiger partial charge in [-0.2, -0.15) is 4.68 Å². The maximum atomic E-state index is 13.5. The van der Waals surface area contributed by atoms with E-state index in [0.29, 0.717) is 5.69 Å². The lowest BCUT2D eigenvalue weighted by atomic mass is 9.86. The molecular weight excluding hydrogens is 582 g/mol. The van der Waals surface area contributed by atoms with Crippen molar-refractivity contribution in [3.63, 3.8) is 0 Å². The summed E-state index contributed by atoms with van der Waals surface area (Å²) in [5, 5.41) is 13.9. The fraction of sp³-hybridized carbons (Fsp3) is 0.290. The van der Waals surface area contributed by atoms with Gasteiger partial charge in [0, 0.05) is 5.56 Å². The highest BCUT2D eigenvalue weighted by Gasteiger charge is 2.24. The van der Waals surface area contributed by atoms with Gasteiger partial charge in [-0.05, 0) is 60.2 Å². The molecule has 5 N–H and O–H groups in total. The number of carbonyl (C=O) groups excluding carboxylic acids is 2. The standard InChI is InChI=1S/C31H37N7O5S/c1-18-13-14-21(29(39)34-23-16-22(31(3,4)5)17-24(27(23)43-6)36-44(7,41)42)15-25(18)38-28(32)26(35-37-38)30(40)33-19(2)20-11-9-8-10-12-20/h8-17,19,36H,32H2,1-7H3,(H,33,40)(H,34,39). The zero-order chi connectivity index (χ0) is 32.4. The minimum Gasteiger partial charge on any atom is -0.492 e. The molecule has 13 heteroatoms. The van der Waals surface area contributed by atoms with Gasteiger partial charge in [-0.3, -0.25) is 14.3 Å². The van der Waals surface area contributed by atoms with Crippen LogP contribution in [0.2, 0.25) is 0 Å². The van der Waals surface area contributed by atoms with Crippen molar-refractivity contribution in [3.05, 3.63) is 88.6 Å². The zero-order valence-corrected chi connectivity index (χ0v) is 26.5. The number of sulfonamides is 1. The Morgan fingerprint density at radius 3 is 2.27 bits per heavy atom. The predicted octanol–water partition coefficient (Wildman–Crippen LogP) is 4.58. The molecule has 0 spiro atoms. The lowest BCUT2D eigenvalue weighted by molar-refractivity contribution is 0.0935. The molecule has 4 aromatic rings. The van der Waals surface area contributed by atoms with Gasteiger partial charge in [0.25, 0.3) is 11.8 Å². The molecule has 0 aliphatic rings. The number of carbonyl (C=O) groups is 2. The van der Waals surface area contributed by atoms with Gasteiger partial charge in [0.05, 0.1) is 36.5 Å². The molecule has 0 aliphatic carbocycles. The van der Waals surface area contributed by atoms with Crippen LogP contribution in [0.5, 0.6) is 5.75 Å². The number of benzene rings is 3. The van der Waals surface area contributed by atoms with Crippen LogP contribution in [0.15, 0.2) is 60.7 Å². The Morgan fingerprint density at radius 1 is 1.00 bits per heavy atom. The average molecular weight is 620 g/mol. The van der Waals surface area contributed by atoms with Crippen LogP contribution in [0, 0.1) is 6.92 Å². The van der Waals surface area contributed by atoms with Gasteiger partial charge in [-0.25, -0.2) is 8.42 Å². The van der Waals surface area contributed by atoms with Crippen LogP contribution in [-0.4, -0.2) is 48.6 Å². The second-order valence-corrected chi connectivity index (χ2v) is 13.3. The smallest absolute Gasteiger partial charge is 0.276 e. The molecule has 0 saturated heterocycles. The molecule has 3 aromatic carbocycles. The number of nitrogen functional groups attached to an aromatic ring is 1. The number of aromatic nitrogens is 3. The van der Waals surface area contributed by atoms with Crippen LogP contribution in [0.1, 0.15) is 71.3 Å². The summed E-state index contributed by atoms with van der Waals surface area (Å²) >= 11 is 0. The van der Waals surface area contributed by atoms with E-state index in [4.69, 9.17) is 10.5 Å². The number of hydrogen-bond acceptors (Lipinski definition) is 8. The summed E-state index contributed by atoms with van der Waals surface area (Å²) in [6, 6.07) is 17.6. The van der Waals surface area contributed by atoms with Crippen LogP contribution in [0.25, 0.3) is 5.69 Å². The molecule has 0 radical (unpaired) electrons. The Morgan fingerprint density at radius 2 is 1.66 bits per heavy atom. The summed E-state index contributed by atoms with van der Waals surface area (Å²) < 4.78 is 33.4. The van der Waals surface area contributed by atoms with Crippen molar-refractivity contribution in [1.82, 2.24) is 20.3 Å². The number of methoxy groups -OCH3 is 1.